The lowest BCUT2D eigenvalue weighted by Crippen LogP contribution is -2.50. The third-order valence-electron chi connectivity index (χ3n) is 7.92. The largest absolute Gasteiger partial charge is 0.375 e. The molecule has 3 aromatic carbocycles. The van der Waals surface area contributed by atoms with E-state index in [4.69, 9.17) is 9.47 Å². The van der Waals surface area contributed by atoms with Crippen LogP contribution in [-0.2, 0) is 27.3 Å². The average Bonchev–Trinajstić information content (AvgIpc) is 3.14. The molecule has 4 rings (SSSR count). The van der Waals surface area contributed by atoms with Gasteiger partial charge >= 0.3 is 0 Å². The van der Waals surface area contributed by atoms with Crippen LogP contribution in [0.4, 0.5) is 0 Å². The number of hydrogen-bond donors (Lipinski definition) is 0. The lowest BCUT2D eigenvalue weighted by atomic mass is 10.0. The van der Waals surface area contributed by atoms with Gasteiger partial charge in [-0.1, -0.05) is 107 Å². The average molecular weight is 563 g/mol. The van der Waals surface area contributed by atoms with Gasteiger partial charge in [-0.25, -0.2) is 9.34 Å². The van der Waals surface area contributed by atoms with Crippen LogP contribution in [0, 0.1) is 11.8 Å². The summed E-state index contributed by atoms with van der Waals surface area (Å²) in [5.74, 6) is 0.555. The highest BCUT2D eigenvalue weighted by Gasteiger charge is 2.47. The Balaban J connectivity index is 1.64. The van der Waals surface area contributed by atoms with E-state index in [9.17, 15) is 0 Å². The van der Waals surface area contributed by atoms with E-state index < -0.39 is 7.44 Å². The molecule has 1 aliphatic heterocycles. The van der Waals surface area contributed by atoms with Gasteiger partial charge in [0.2, 0.25) is 7.44 Å². The van der Waals surface area contributed by atoms with Crippen molar-refractivity contribution in [1.29, 1.82) is 0 Å². The molecule has 1 aliphatic rings. The predicted octanol–water partition coefficient (Wildman–Crippen LogP) is 7.39. The van der Waals surface area contributed by atoms with Crippen molar-refractivity contribution < 1.29 is 14.0 Å². The molecule has 3 aromatic rings. The van der Waals surface area contributed by atoms with Crippen molar-refractivity contribution in [3.05, 3.63) is 102 Å². The normalized spacial score (nSPS) is 20.4. The number of nitrogens with zero attached hydrogens (tertiary/aromatic N) is 2. The fourth-order valence-electron chi connectivity index (χ4n) is 5.61. The van der Waals surface area contributed by atoms with Gasteiger partial charge in [-0.3, -0.25) is 4.57 Å². The monoisotopic (exact) mass is 562 g/mol. The van der Waals surface area contributed by atoms with Crippen molar-refractivity contribution >= 4 is 12.7 Å². The van der Waals surface area contributed by atoms with E-state index >= 15 is 4.57 Å². The molecule has 0 aromatic heterocycles. The predicted molar refractivity (Wildman–Crippen MR) is 166 cm³/mol. The third kappa shape index (κ3) is 7.72. The Kier molecular flexibility index (Phi) is 11.6. The van der Waals surface area contributed by atoms with Gasteiger partial charge in [-0.05, 0) is 47.9 Å². The van der Waals surface area contributed by atoms with Crippen LogP contribution in [0.15, 0.2) is 91.0 Å². The Morgan fingerprint density at radius 1 is 0.625 bits per heavy atom. The summed E-state index contributed by atoms with van der Waals surface area (Å²) in [5, 5.41) is 0.902. The summed E-state index contributed by atoms with van der Waals surface area (Å²) >= 11 is 0. The molecule has 40 heavy (non-hydrogen) atoms. The van der Waals surface area contributed by atoms with Crippen molar-refractivity contribution in [2.45, 2.75) is 65.8 Å². The molecule has 1 heterocycles. The van der Waals surface area contributed by atoms with E-state index in [0.29, 0.717) is 26.4 Å². The minimum atomic E-state index is -3.17. The van der Waals surface area contributed by atoms with Crippen LogP contribution < -0.4 is 5.30 Å². The maximum absolute atomic E-state index is 15.8. The van der Waals surface area contributed by atoms with Crippen LogP contribution in [-0.4, -0.2) is 47.7 Å². The fourth-order valence-corrected chi connectivity index (χ4v) is 9.35. The van der Waals surface area contributed by atoms with Crippen LogP contribution in [0.2, 0.25) is 0 Å². The van der Waals surface area contributed by atoms with Crippen LogP contribution >= 0.6 is 7.44 Å². The molecule has 0 bridgehead atoms. The van der Waals surface area contributed by atoms with Gasteiger partial charge in [-0.2, -0.15) is 0 Å². The first-order valence-corrected chi connectivity index (χ1v) is 16.5. The summed E-state index contributed by atoms with van der Waals surface area (Å²) in [6.07, 6.45) is 2.01. The Morgan fingerprint density at radius 3 is 1.38 bits per heavy atom. The molecule has 0 spiro atoms. The summed E-state index contributed by atoms with van der Waals surface area (Å²) in [6.45, 7) is 12.7. The van der Waals surface area contributed by atoms with Crippen molar-refractivity contribution in [2.75, 3.05) is 26.3 Å². The van der Waals surface area contributed by atoms with Crippen molar-refractivity contribution in [1.82, 2.24) is 9.34 Å². The maximum Gasteiger partial charge on any atom is 0.246 e. The van der Waals surface area contributed by atoms with Crippen LogP contribution in [0.25, 0.3) is 0 Å². The Morgan fingerprint density at radius 2 is 1.00 bits per heavy atom. The summed E-state index contributed by atoms with van der Waals surface area (Å²) < 4.78 is 33.1. The number of ether oxygens (including phenoxy) is 2. The summed E-state index contributed by atoms with van der Waals surface area (Å²) in [5.41, 5.74) is 2.31. The molecule has 1 saturated heterocycles. The second-order valence-electron chi connectivity index (χ2n) is 11.5. The zero-order valence-electron chi connectivity index (χ0n) is 24.7. The van der Waals surface area contributed by atoms with Crippen LogP contribution in [0.3, 0.4) is 0 Å². The second kappa shape index (κ2) is 15.1. The smallest absolute Gasteiger partial charge is 0.246 e. The van der Waals surface area contributed by atoms with E-state index in [0.717, 1.165) is 42.4 Å². The van der Waals surface area contributed by atoms with E-state index in [2.05, 4.69) is 73.4 Å². The van der Waals surface area contributed by atoms with E-state index in [-0.39, 0.29) is 23.9 Å². The lowest BCUT2D eigenvalue weighted by Gasteiger charge is -2.46. The highest BCUT2D eigenvalue weighted by Crippen LogP contribution is 2.57. The molecule has 6 heteroatoms. The number of rotatable bonds is 13. The van der Waals surface area contributed by atoms with Crippen LogP contribution in [0.1, 0.15) is 51.7 Å². The summed E-state index contributed by atoms with van der Waals surface area (Å²) in [6, 6.07) is 30.8. The van der Waals surface area contributed by atoms with Gasteiger partial charge in [0.05, 0.1) is 26.4 Å². The quantitative estimate of drug-likeness (QED) is 0.203. The molecular weight excluding hydrogens is 515 g/mol. The highest BCUT2D eigenvalue weighted by atomic mass is 31.2. The molecule has 0 amide bonds. The number of benzene rings is 3. The third-order valence-corrected chi connectivity index (χ3v) is 11.3. The SMILES string of the molecule is CC(C)C(COCc1ccccc1)N1CCCCN(C(COCc2ccccc2)C(C)C)P1(=O)c1ccccc1. The molecule has 0 N–H and O–H groups in total. The standard InChI is InChI=1S/C34H47N2O3P/c1-28(2)33(26-38-24-30-16-8-5-9-17-30)35-22-14-15-23-36(40(35,37)32-20-12-7-13-21-32)34(29(3)4)27-39-25-31-18-10-6-11-19-31/h5-13,16-21,28-29,33-34H,14-15,22-27H2,1-4H3. The molecular formula is C34H47N2O3P. The van der Waals surface area contributed by atoms with Gasteiger partial charge in [0, 0.05) is 30.5 Å². The maximum atomic E-state index is 15.8. The van der Waals surface area contributed by atoms with Gasteiger partial charge in [0.25, 0.3) is 0 Å². The first-order valence-electron chi connectivity index (χ1n) is 14.8. The van der Waals surface area contributed by atoms with Crippen molar-refractivity contribution in [3.8, 4) is 0 Å². The molecule has 0 aliphatic carbocycles. The first kappa shape index (κ1) is 30.7. The molecule has 2 unspecified atom stereocenters. The molecule has 0 saturated carbocycles. The van der Waals surface area contributed by atoms with Gasteiger partial charge in [0.1, 0.15) is 0 Å². The molecule has 2 atom stereocenters. The van der Waals surface area contributed by atoms with E-state index in [1.165, 1.54) is 0 Å². The minimum Gasteiger partial charge on any atom is -0.375 e. The topological polar surface area (TPSA) is 42.0 Å². The zero-order valence-corrected chi connectivity index (χ0v) is 25.6. The second-order valence-corrected chi connectivity index (χ2v) is 14.2. The Bertz CT molecular complexity index is 1100. The molecule has 0 radical (unpaired) electrons. The van der Waals surface area contributed by atoms with Crippen molar-refractivity contribution in [2.24, 2.45) is 11.8 Å². The summed E-state index contributed by atoms with van der Waals surface area (Å²) in [7, 11) is -3.17. The first-order chi connectivity index (χ1) is 19.4. The Labute approximate surface area is 242 Å². The molecule has 1 fully saturated rings. The van der Waals surface area contributed by atoms with Crippen molar-refractivity contribution in [3.63, 3.8) is 0 Å². The van der Waals surface area contributed by atoms with Crippen LogP contribution in [0.5, 0.6) is 0 Å². The zero-order chi connectivity index (χ0) is 28.4. The van der Waals surface area contributed by atoms with Gasteiger partial charge in [-0.15, -0.1) is 0 Å². The van der Waals surface area contributed by atoms with E-state index in [1.54, 1.807) is 0 Å². The van der Waals surface area contributed by atoms with Gasteiger partial charge < -0.3 is 9.47 Å². The molecule has 5 nitrogen and oxygen atoms in total. The summed E-state index contributed by atoms with van der Waals surface area (Å²) in [4.78, 5) is 0. The molecule has 216 valence electrons. The lowest BCUT2D eigenvalue weighted by molar-refractivity contribution is 0.0490. The number of hydrogen-bond acceptors (Lipinski definition) is 3. The highest BCUT2D eigenvalue weighted by molar-refractivity contribution is 7.67. The fraction of sp³-hybridized carbons (Fsp3) is 0.471. The van der Waals surface area contributed by atoms with E-state index in [1.807, 2.05) is 54.6 Å². The van der Waals surface area contributed by atoms with Gasteiger partial charge in [0.15, 0.2) is 0 Å². The minimum absolute atomic E-state index is 0.0217. The Hall–Kier alpha value is -2.27.